The van der Waals surface area contributed by atoms with Crippen LogP contribution < -0.4 is 24.3 Å². The van der Waals surface area contributed by atoms with Crippen molar-refractivity contribution in [2.75, 3.05) is 46.3 Å². The zero-order chi connectivity index (χ0) is 38.3. The number of nitrogens with zero attached hydrogens (tertiary/aromatic N) is 2. The van der Waals surface area contributed by atoms with Crippen LogP contribution in [0.3, 0.4) is 0 Å². The Morgan fingerprint density at radius 1 is 0.981 bits per heavy atom. The van der Waals surface area contributed by atoms with Crippen molar-refractivity contribution in [1.82, 2.24) is 9.80 Å². The topological polar surface area (TPSA) is 110 Å². The number of benzene rings is 4. The summed E-state index contributed by atoms with van der Waals surface area (Å²) in [4.78, 5) is 30.7. The lowest BCUT2D eigenvalue weighted by Gasteiger charge is -2.38. The molecule has 0 saturated heterocycles. The Hall–Kier alpha value is -5.27. The molecule has 4 aromatic rings. The monoisotopic (exact) mass is 735 g/mol. The van der Waals surface area contributed by atoms with Crippen LogP contribution in [0.25, 0.3) is 0 Å². The van der Waals surface area contributed by atoms with Gasteiger partial charge in [-0.1, -0.05) is 37.3 Å². The molecule has 3 atom stereocenters. The van der Waals surface area contributed by atoms with Crippen LogP contribution in [0.5, 0.6) is 28.7 Å². The van der Waals surface area contributed by atoms with Gasteiger partial charge in [0.25, 0.3) is 5.91 Å². The van der Waals surface area contributed by atoms with Crippen molar-refractivity contribution < 1.29 is 46.8 Å². The molecular formula is C40H44F3N3O7. The molecule has 1 aliphatic heterocycles. The number of hydrogen-bond acceptors (Lipinski definition) is 8. The number of nitrogens with one attached hydrogen (secondary N) is 1. The lowest BCUT2D eigenvalue weighted by Crippen LogP contribution is -2.49. The first-order valence-corrected chi connectivity index (χ1v) is 17.1. The Balaban J connectivity index is 1.32. The minimum Gasteiger partial charge on any atom is -0.497 e. The van der Waals surface area contributed by atoms with Crippen LogP contribution >= 0.6 is 0 Å². The van der Waals surface area contributed by atoms with Crippen molar-refractivity contribution in [1.29, 1.82) is 0 Å². The molecule has 4 aromatic carbocycles. The maximum Gasteiger partial charge on any atom is 0.416 e. The van der Waals surface area contributed by atoms with Crippen LogP contribution in [0.15, 0.2) is 84.9 Å². The van der Waals surface area contributed by atoms with E-state index in [1.54, 1.807) is 62.4 Å². The third-order valence-electron chi connectivity index (χ3n) is 9.08. The van der Waals surface area contributed by atoms with Gasteiger partial charge in [0.15, 0.2) is 17.2 Å². The van der Waals surface area contributed by atoms with E-state index in [0.717, 1.165) is 17.7 Å². The van der Waals surface area contributed by atoms with Gasteiger partial charge in [-0.05, 0) is 73.6 Å². The van der Waals surface area contributed by atoms with E-state index in [-0.39, 0.29) is 41.9 Å². The van der Waals surface area contributed by atoms with E-state index in [1.165, 1.54) is 12.1 Å². The fourth-order valence-electron chi connectivity index (χ4n) is 6.08. The highest BCUT2D eigenvalue weighted by molar-refractivity contribution is 6.02. The highest BCUT2D eigenvalue weighted by Gasteiger charge is 2.35. The molecule has 10 nitrogen and oxygen atoms in total. The Labute approximate surface area is 307 Å². The van der Waals surface area contributed by atoms with Gasteiger partial charge in [0.1, 0.15) is 17.6 Å². The zero-order valence-corrected chi connectivity index (χ0v) is 30.3. The zero-order valence-electron chi connectivity index (χ0n) is 30.3. The van der Waals surface area contributed by atoms with Crippen LogP contribution in [0.1, 0.15) is 40.9 Å². The van der Waals surface area contributed by atoms with Gasteiger partial charge in [-0.25, -0.2) is 0 Å². The summed E-state index contributed by atoms with van der Waals surface area (Å²) >= 11 is 0. The molecule has 0 radical (unpaired) electrons. The van der Waals surface area contributed by atoms with Crippen molar-refractivity contribution in [3.63, 3.8) is 0 Å². The first-order valence-electron chi connectivity index (χ1n) is 17.1. The van der Waals surface area contributed by atoms with E-state index in [1.807, 2.05) is 38.2 Å². The van der Waals surface area contributed by atoms with Gasteiger partial charge in [-0.2, -0.15) is 13.2 Å². The maximum absolute atomic E-state index is 13.9. The van der Waals surface area contributed by atoms with Crippen molar-refractivity contribution in [3.8, 4) is 28.7 Å². The number of carbonyl (C=O) groups is 2. The SMILES string of the molecule is COc1ccc(Oc2ccc(CN(C)C[C@H]3Oc4c(NC(=O)Cc5ccc(C(F)(F)F)cc5)cccc4C(=O)N([C@@H](C)CO)C[C@H]3C)cc2)c(OC)c1. The lowest BCUT2D eigenvalue weighted by atomic mass is 9.98. The van der Waals surface area contributed by atoms with Crippen LogP contribution in [-0.4, -0.2) is 79.8 Å². The number of alkyl halides is 3. The summed E-state index contributed by atoms with van der Waals surface area (Å²) in [6, 6.07) is 21.8. The molecule has 5 rings (SSSR count). The minimum absolute atomic E-state index is 0.185. The van der Waals surface area contributed by atoms with Crippen LogP contribution in [0.4, 0.5) is 18.9 Å². The predicted molar refractivity (Wildman–Crippen MR) is 194 cm³/mol. The summed E-state index contributed by atoms with van der Waals surface area (Å²) in [6.45, 7) is 4.83. The number of para-hydroxylation sites is 1. The molecule has 0 aliphatic carbocycles. The number of hydrogen-bond donors (Lipinski definition) is 2. The molecule has 13 heteroatoms. The van der Waals surface area contributed by atoms with Gasteiger partial charge in [-0.15, -0.1) is 0 Å². The number of carbonyl (C=O) groups excluding carboxylic acids is 2. The number of rotatable bonds is 13. The van der Waals surface area contributed by atoms with Crippen LogP contribution in [0, 0.1) is 5.92 Å². The molecule has 2 amide bonds. The molecule has 0 bridgehead atoms. The van der Waals surface area contributed by atoms with Crippen molar-refractivity contribution in [3.05, 3.63) is 107 Å². The molecular weight excluding hydrogens is 691 g/mol. The number of aliphatic hydroxyl groups is 1. The second kappa shape index (κ2) is 17.0. The fourth-order valence-corrected chi connectivity index (χ4v) is 6.08. The number of methoxy groups -OCH3 is 2. The fraction of sp³-hybridized carbons (Fsp3) is 0.350. The second-order valence-electron chi connectivity index (χ2n) is 13.2. The van der Waals surface area contributed by atoms with Crippen molar-refractivity contribution in [2.24, 2.45) is 5.92 Å². The lowest BCUT2D eigenvalue weighted by molar-refractivity contribution is -0.137. The summed E-state index contributed by atoms with van der Waals surface area (Å²) in [7, 11) is 5.10. The van der Waals surface area contributed by atoms with Crippen molar-refractivity contribution in [2.45, 2.75) is 45.1 Å². The summed E-state index contributed by atoms with van der Waals surface area (Å²) in [6.07, 6.45) is -5.12. The van der Waals surface area contributed by atoms with Gasteiger partial charge in [-0.3, -0.25) is 14.5 Å². The highest BCUT2D eigenvalue weighted by atomic mass is 19.4. The number of likely N-dealkylation sites (N-methyl/N-ethyl adjacent to an activating group) is 1. The predicted octanol–water partition coefficient (Wildman–Crippen LogP) is 7.05. The molecule has 53 heavy (non-hydrogen) atoms. The molecule has 282 valence electrons. The number of amides is 2. The summed E-state index contributed by atoms with van der Waals surface area (Å²) in [5, 5.41) is 12.8. The third-order valence-corrected chi connectivity index (χ3v) is 9.08. The van der Waals surface area contributed by atoms with Gasteiger partial charge in [0.05, 0.1) is 50.1 Å². The molecule has 0 saturated carbocycles. The number of ether oxygens (including phenoxy) is 4. The van der Waals surface area contributed by atoms with Crippen LogP contribution in [0.2, 0.25) is 0 Å². The average Bonchev–Trinajstić information content (AvgIpc) is 3.13. The molecule has 2 N–H and O–H groups in total. The van der Waals surface area contributed by atoms with Gasteiger partial charge >= 0.3 is 6.18 Å². The van der Waals surface area contributed by atoms with E-state index >= 15 is 0 Å². The molecule has 1 aliphatic rings. The number of halogens is 3. The molecule has 0 unspecified atom stereocenters. The van der Waals surface area contributed by atoms with E-state index in [0.29, 0.717) is 48.2 Å². The highest BCUT2D eigenvalue weighted by Crippen LogP contribution is 2.37. The van der Waals surface area contributed by atoms with E-state index in [4.69, 9.17) is 18.9 Å². The maximum atomic E-state index is 13.9. The molecule has 0 aromatic heterocycles. The standard InChI is InChI=1S/C40H44F3N3O7/c1-25-21-46(26(2)24-47)39(49)32-7-6-8-33(44-37(48)19-27-9-13-29(14-10-27)40(41,42)43)38(32)53-36(25)23-45(3)22-28-11-15-30(16-12-28)52-34-18-17-31(50-4)20-35(34)51-5/h6-18,20,25-26,36,47H,19,21-24H2,1-5H3,(H,44,48)/t25-,26+,36-/m1/s1. The quantitative estimate of drug-likeness (QED) is 0.151. The summed E-state index contributed by atoms with van der Waals surface area (Å²) in [5.41, 5.74) is 1.09. The largest absolute Gasteiger partial charge is 0.497 e. The molecule has 1 heterocycles. The third kappa shape index (κ3) is 9.79. The van der Waals surface area contributed by atoms with E-state index in [9.17, 15) is 27.9 Å². The smallest absolute Gasteiger partial charge is 0.416 e. The first kappa shape index (κ1) is 38.9. The normalized spacial score (nSPS) is 16.6. The first-order chi connectivity index (χ1) is 25.3. The molecule has 0 fully saturated rings. The Bertz CT molecular complexity index is 1870. The van der Waals surface area contributed by atoms with Crippen molar-refractivity contribution >= 4 is 17.5 Å². The Kier molecular flexibility index (Phi) is 12.5. The van der Waals surface area contributed by atoms with E-state index < -0.39 is 29.8 Å². The van der Waals surface area contributed by atoms with Gasteiger partial charge in [0.2, 0.25) is 5.91 Å². The van der Waals surface area contributed by atoms with Crippen LogP contribution in [-0.2, 0) is 23.9 Å². The second-order valence-corrected chi connectivity index (χ2v) is 13.2. The van der Waals surface area contributed by atoms with Gasteiger partial charge in [0, 0.05) is 31.6 Å². The van der Waals surface area contributed by atoms with Gasteiger partial charge < -0.3 is 34.3 Å². The number of fused-ring (bicyclic) bond motifs is 1. The number of aliphatic hydroxyl groups excluding tert-OH is 1. The minimum atomic E-state index is -4.48. The Morgan fingerprint density at radius 3 is 2.30 bits per heavy atom. The van der Waals surface area contributed by atoms with E-state index in [2.05, 4.69) is 10.2 Å². The molecule has 0 spiro atoms. The summed E-state index contributed by atoms with van der Waals surface area (Å²) in [5.74, 6) is 1.53. The number of anilines is 1. The Morgan fingerprint density at radius 2 is 1.66 bits per heavy atom. The summed E-state index contributed by atoms with van der Waals surface area (Å²) < 4.78 is 62.5. The average molecular weight is 736 g/mol.